The van der Waals surface area contributed by atoms with Crippen molar-refractivity contribution < 1.29 is 9.59 Å². The van der Waals surface area contributed by atoms with Gasteiger partial charge in [-0.1, -0.05) is 36.2 Å². The molecule has 156 valence electrons. The lowest BCUT2D eigenvalue weighted by Gasteiger charge is -2.21. The Bertz CT molecular complexity index is 1060. The second kappa shape index (κ2) is 10.0. The van der Waals surface area contributed by atoms with Gasteiger partial charge in [-0.3, -0.25) is 14.6 Å². The predicted molar refractivity (Wildman–Crippen MR) is 121 cm³/mol. The maximum absolute atomic E-state index is 13.2. The van der Waals surface area contributed by atoms with Crippen LogP contribution in [0.1, 0.15) is 28.7 Å². The summed E-state index contributed by atoms with van der Waals surface area (Å²) in [7, 11) is 0. The Labute approximate surface area is 188 Å². The lowest BCUT2D eigenvalue weighted by molar-refractivity contribution is -0.116. The van der Waals surface area contributed by atoms with Crippen LogP contribution in [0.15, 0.2) is 42.6 Å². The van der Waals surface area contributed by atoms with E-state index in [0.29, 0.717) is 50.0 Å². The van der Waals surface area contributed by atoms with Crippen molar-refractivity contribution in [3.63, 3.8) is 0 Å². The summed E-state index contributed by atoms with van der Waals surface area (Å²) in [4.78, 5) is 36.5. The molecule has 0 aliphatic rings. The molecule has 0 fully saturated rings. The molecular formula is C21H20Cl2N4O2S. The fraction of sp³-hybridized carbons (Fsp3) is 0.238. The van der Waals surface area contributed by atoms with Gasteiger partial charge in [0, 0.05) is 17.8 Å². The first-order valence-corrected chi connectivity index (χ1v) is 10.9. The average molecular weight is 463 g/mol. The number of carbonyl (C=O) groups excluding carboxylic acids is 2. The zero-order valence-electron chi connectivity index (χ0n) is 16.5. The maximum atomic E-state index is 13.2. The van der Waals surface area contributed by atoms with Crippen LogP contribution in [-0.2, 0) is 4.79 Å². The number of nitrogens with one attached hydrogen (secondary N) is 1. The molecular weight excluding hydrogens is 443 g/mol. The van der Waals surface area contributed by atoms with Crippen molar-refractivity contribution in [3.05, 3.63) is 63.2 Å². The molecule has 9 heteroatoms. The number of hydrogen-bond acceptors (Lipinski definition) is 5. The number of amides is 2. The third-order valence-corrected chi connectivity index (χ3v) is 5.91. The van der Waals surface area contributed by atoms with E-state index in [9.17, 15) is 9.59 Å². The standard InChI is InChI=1S/C21H20Cl2N4O2S/c1-3-10-27(12-18(28)26-16-8-7-14(22)11-15(16)23)21(29)19-13(2)25-20(30-19)17-6-4-5-9-24-17/h4-9,11H,3,10,12H2,1-2H3,(H,26,28). The van der Waals surface area contributed by atoms with Gasteiger partial charge in [-0.15, -0.1) is 11.3 Å². The number of hydrogen-bond donors (Lipinski definition) is 1. The average Bonchev–Trinajstić information content (AvgIpc) is 3.11. The van der Waals surface area contributed by atoms with Gasteiger partial charge in [0.05, 0.1) is 22.1 Å². The smallest absolute Gasteiger partial charge is 0.266 e. The maximum Gasteiger partial charge on any atom is 0.266 e. The molecule has 0 saturated heterocycles. The molecule has 2 heterocycles. The first-order chi connectivity index (χ1) is 14.4. The molecule has 0 radical (unpaired) electrons. The summed E-state index contributed by atoms with van der Waals surface area (Å²) in [6, 6.07) is 10.4. The van der Waals surface area contributed by atoms with E-state index in [4.69, 9.17) is 23.2 Å². The van der Waals surface area contributed by atoms with Crippen LogP contribution in [0.4, 0.5) is 5.69 Å². The molecule has 1 N–H and O–H groups in total. The number of carbonyl (C=O) groups is 2. The molecule has 0 atom stereocenters. The number of thiazole rings is 1. The van der Waals surface area contributed by atoms with Crippen molar-refractivity contribution in [3.8, 4) is 10.7 Å². The van der Waals surface area contributed by atoms with E-state index in [2.05, 4.69) is 15.3 Å². The van der Waals surface area contributed by atoms with E-state index < -0.39 is 0 Å². The molecule has 0 aliphatic heterocycles. The molecule has 2 aromatic heterocycles. The number of anilines is 1. The van der Waals surface area contributed by atoms with Crippen molar-refractivity contribution in [1.29, 1.82) is 0 Å². The summed E-state index contributed by atoms with van der Waals surface area (Å²) >= 11 is 13.3. The van der Waals surface area contributed by atoms with Gasteiger partial charge in [-0.2, -0.15) is 0 Å². The Hall–Kier alpha value is -2.48. The van der Waals surface area contributed by atoms with Crippen LogP contribution in [0.3, 0.4) is 0 Å². The highest BCUT2D eigenvalue weighted by Crippen LogP contribution is 2.28. The van der Waals surface area contributed by atoms with Crippen molar-refractivity contribution in [1.82, 2.24) is 14.9 Å². The van der Waals surface area contributed by atoms with E-state index in [0.717, 1.165) is 0 Å². The second-order valence-electron chi connectivity index (χ2n) is 6.55. The van der Waals surface area contributed by atoms with Crippen LogP contribution in [-0.4, -0.2) is 39.8 Å². The molecule has 0 spiro atoms. The number of pyridine rings is 1. The van der Waals surface area contributed by atoms with Gasteiger partial charge < -0.3 is 10.2 Å². The molecule has 0 bridgehead atoms. The number of aryl methyl sites for hydroxylation is 1. The van der Waals surface area contributed by atoms with Gasteiger partial charge in [0.1, 0.15) is 16.4 Å². The molecule has 3 aromatic rings. The number of halogens is 2. The van der Waals surface area contributed by atoms with Crippen molar-refractivity contribution in [2.45, 2.75) is 20.3 Å². The van der Waals surface area contributed by atoms with Crippen LogP contribution in [0.2, 0.25) is 10.0 Å². The Kier molecular flexibility index (Phi) is 7.42. The number of rotatable bonds is 7. The molecule has 0 aliphatic carbocycles. The normalized spacial score (nSPS) is 10.7. The lowest BCUT2D eigenvalue weighted by atomic mass is 10.3. The largest absolute Gasteiger partial charge is 0.329 e. The summed E-state index contributed by atoms with van der Waals surface area (Å²) in [6.07, 6.45) is 2.40. The monoisotopic (exact) mass is 462 g/mol. The zero-order chi connectivity index (χ0) is 21.7. The third-order valence-electron chi connectivity index (χ3n) is 4.20. The van der Waals surface area contributed by atoms with Crippen LogP contribution in [0.25, 0.3) is 10.7 Å². The topological polar surface area (TPSA) is 75.2 Å². The summed E-state index contributed by atoms with van der Waals surface area (Å²) in [5, 5.41) is 4.22. The predicted octanol–water partition coefficient (Wildman–Crippen LogP) is 5.31. The minimum Gasteiger partial charge on any atom is -0.329 e. The highest BCUT2D eigenvalue weighted by atomic mass is 35.5. The Balaban J connectivity index is 1.76. The number of aromatic nitrogens is 2. The van der Waals surface area contributed by atoms with Crippen LogP contribution < -0.4 is 5.32 Å². The number of nitrogens with zero attached hydrogens (tertiary/aromatic N) is 3. The summed E-state index contributed by atoms with van der Waals surface area (Å²) in [5.74, 6) is -0.570. The minimum atomic E-state index is -0.340. The molecule has 0 saturated carbocycles. The lowest BCUT2D eigenvalue weighted by Crippen LogP contribution is -2.38. The van der Waals surface area contributed by atoms with Crippen LogP contribution >= 0.6 is 34.5 Å². The molecule has 0 unspecified atom stereocenters. The molecule has 1 aromatic carbocycles. The fourth-order valence-corrected chi connectivity index (χ4v) is 4.28. The first-order valence-electron chi connectivity index (χ1n) is 9.32. The number of benzene rings is 1. The molecule has 2 amide bonds. The summed E-state index contributed by atoms with van der Waals surface area (Å²) < 4.78 is 0. The van der Waals surface area contributed by atoms with Gasteiger partial charge in [0.2, 0.25) is 5.91 Å². The highest BCUT2D eigenvalue weighted by Gasteiger charge is 2.24. The quantitative estimate of drug-likeness (QED) is 0.515. The van der Waals surface area contributed by atoms with E-state index in [1.807, 2.05) is 25.1 Å². The van der Waals surface area contributed by atoms with Crippen molar-refractivity contribution in [2.24, 2.45) is 0 Å². The van der Waals surface area contributed by atoms with Gasteiger partial charge in [-0.05, 0) is 43.7 Å². The fourth-order valence-electron chi connectivity index (χ4n) is 2.81. The summed E-state index contributed by atoms with van der Waals surface area (Å²) in [5.41, 5.74) is 1.77. The van der Waals surface area contributed by atoms with Gasteiger partial charge in [-0.25, -0.2) is 4.98 Å². The summed E-state index contributed by atoms with van der Waals surface area (Å²) in [6.45, 7) is 4.08. The van der Waals surface area contributed by atoms with Crippen LogP contribution in [0.5, 0.6) is 0 Å². The van der Waals surface area contributed by atoms with Gasteiger partial charge in [0.15, 0.2) is 0 Å². The minimum absolute atomic E-state index is 0.0953. The van der Waals surface area contributed by atoms with E-state index >= 15 is 0 Å². The van der Waals surface area contributed by atoms with E-state index in [1.165, 1.54) is 16.2 Å². The molecule has 3 rings (SSSR count). The molecule has 30 heavy (non-hydrogen) atoms. The van der Waals surface area contributed by atoms with Crippen molar-refractivity contribution in [2.75, 3.05) is 18.4 Å². The van der Waals surface area contributed by atoms with Crippen LogP contribution in [0, 0.1) is 6.92 Å². The first kappa shape index (κ1) is 22.2. The second-order valence-corrected chi connectivity index (χ2v) is 8.39. The zero-order valence-corrected chi connectivity index (χ0v) is 18.8. The Morgan fingerprint density at radius 1 is 1.20 bits per heavy atom. The van der Waals surface area contributed by atoms with E-state index in [1.54, 1.807) is 31.3 Å². The Morgan fingerprint density at radius 2 is 2.00 bits per heavy atom. The Morgan fingerprint density at radius 3 is 2.67 bits per heavy atom. The third kappa shape index (κ3) is 5.36. The molecule has 6 nitrogen and oxygen atoms in total. The van der Waals surface area contributed by atoms with E-state index in [-0.39, 0.29) is 18.4 Å². The van der Waals surface area contributed by atoms with Gasteiger partial charge in [0.25, 0.3) is 5.91 Å². The highest BCUT2D eigenvalue weighted by molar-refractivity contribution is 7.17. The van der Waals surface area contributed by atoms with Crippen molar-refractivity contribution >= 4 is 52.0 Å². The SMILES string of the molecule is CCCN(CC(=O)Nc1ccc(Cl)cc1Cl)C(=O)c1sc(-c2ccccn2)nc1C. The van der Waals surface area contributed by atoms with Gasteiger partial charge >= 0.3 is 0 Å².